The van der Waals surface area contributed by atoms with E-state index in [1.165, 1.54) is 110 Å². The first-order valence-electron chi connectivity index (χ1n) is 20.1. The summed E-state index contributed by atoms with van der Waals surface area (Å²) in [5.41, 5.74) is 14.9. The molecule has 0 unspecified atom stereocenters. The third-order valence-electron chi connectivity index (χ3n) is 11.8. The van der Waals surface area contributed by atoms with Gasteiger partial charge in [-0.3, -0.25) is 0 Å². The normalized spacial score (nSPS) is 11.4. The topological polar surface area (TPSA) is 0 Å². The predicted molar refractivity (Wildman–Crippen MR) is 249 cm³/mol. The van der Waals surface area contributed by atoms with E-state index in [1.807, 2.05) is 0 Å². The maximum Gasteiger partial charge on any atom is -0.00262 e. The number of rotatable bonds is 6. The van der Waals surface area contributed by atoms with Crippen molar-refractivity contribution in [3.8, 4) is 66.8 Å². The Hall–Kier alpha value is -7.54. The highest BCUT2D eigenvalue weighted by atomic mass is 14.2. The van der Waals surface area contributed by atoms with E-state index in [4.69, 9.17) is 0 Å². The van der Waals surface area contributed by atoms with E-state index in [2.05, 4.69) is 231 Å². The Bertz CT molecular complexity index is 2960. The van der Waals surface area contributed by atoms with Crippen molar-refractivity contribution in [1.82, 2.24) is 0 Å². The Morgan fingerprint density at radius 1 is 0.138 bits per heavy atom. The summed E-state index contributed by atoms with van der Waals surface area (Å²) in [6.45, 7) is 0. The van der Waals surface area contributed by atoms with Crippen molar-refractivity contribution < 1.29 is 0 Å². The van der Waals surface area contributed by atoms with E-state index in [0.717, 1.165) is 0 Å². The maximum atomic E-state index is 2.36. The zero-order valence-corrected chi connectivity index (χ0v) is 31.9. The van der Waals surface area contributed by atoms with Crippen LogP contribution in [-0.4, -0.2) is 0 Å². The van der Waals surface area contributed by atoms with Gasteiger partial charge in [-0.2, -0.15) is 0 Å². The van der Waals surface area contributed by atoms with Crippen LogP contribution in [0.1, 0.15) is 0 Å². The van der Waals surface area contributed by atoms with Crippen LogP contribution in [0.25, 0.3) is 110 Å². The molecule has 0 saturated carbocycles. The molecule has 0 N–H and O–H groups in total. The minimum Gasteiger partial charge on any atom is -0.0622 e. The highest BCUT2D eigenvalue weighted by molar-refractivity contribution is 6.22. The summed E-state index contributed by atoms with van der Waals surface area (Å²) in [5, 5.41) is 10.1. The molecule has 0 atom stereocenters. The molecule has 0 aliphatic rings. The largest absolute Gasteiger partial charge is 0.0622 e. The molecule has 0 bridgehead atoms. The molecule has 0 saturated heterocycles. The van der Waals surface area contributed by atoms with E-state index in [1.54, 1.807) is 0 Å². The van der Waals surface area contributed by atoms with Gasteiger partial charge in [0.15, 0.2) is 0 Å². The van der Waals surface area contributed by atoms with E-state index in [0.29, 0.717) is 0 Å². The number of hydrogen-bond donors (Lipinski definition) is 0. The molecular formula is C58H38. The Kier molecular flexibility index (Phi) is 8.26. The fourth-order valence-electron chi connectivity index (χ4n) is 9.27. The fourth-order valence-corrected chi connectivity index (χ4v) is 9.27. The first-order valence-corrected chi connectivity index (χ1v) is 20.1. The minimum absolute atomic E-state index is 1.20. The second-order valence-electron chi connectivity index (χ2n) is 15.2. The standard InChI is InChI=1S/C58H38/c1-3-17-41(18-4-1)55-47-25-7-11-29-51(47)57(52-30-12-8-26-48(52)55)45-23-15-21-43(37-45)39-33-35-40(36-34-39)44-22-16-24-46(38-44)58-53-31-13-9-27-49(53)56(42-19-5-2-6-20-42)50-28-10-14-32-54(50)58/h1-38H. The summed E-state index contributed by atoms with van der Waals surface area (Å²) < 4.78 is 0. The molecule has 0 heteroatoms. The van der Waals surface area contributed by atoms with Gasteiger partial charge in [-0.15, -0.1) is 0 Å². The quantitative estimate of drug-likeness (QED) is 0.149. The molecule has 0 heterocycles. The van der Waals surface area contributed by atoms with Crippen molar-refractivity contribution in [2.45, 2.75) is 0 Å². The fraction of sp³-hybridized carbons (Fsp3) is 0. The lowest BCUT2D eigenvalue weighted by atomic mass is 9.85. The predicted octanol–water partition coefficient (Wildman–Crippen LogP) is 16.3. The van der Waals surface area contributed by atoms with Crippen LogP contribution in [0.5, 0.6) is 0 Å². The van der Waals surface area contributed by atoms with E-state index < -0.39 is 0 Å². The van der Waals surface area contributed by atoms with Crippen LogP contribution < -0.4 is 0 Å². The van der Waals surface area contributed by atoms with Gasteiger partial charge in [0.1, 0.15) is 0 Å². The lowest BCUT2D eigenvalue weighted by molar-refractivity contribution is 1.58. The molecule has 0 nitrogen and oxygen atoms in total. The van der Waals surface area contributed by atoms with Gasteiger partial charge in [0.05, 0.1) is 0 Å². The molecule has 0 aliphatic heterocycles. The third-order valence-corrected chi connectivity index (χ3v) is 11.8. The van der Waals surface area contributed by atoms with Crippen LogP contribution in [0.2, 0.25) is 0 Å². The van der Waals surface area contributed by atoms with Gasteiger partial charge in [0.25, 0.3) is 0 Å². The molecule has 270 valence electrons. The van der Waals surface area contributed by atoms with E-state index in [9.17, 15) is 0 Å². The number of fused-ring (bicyclic) bond motifs is 4. The van der Waals surface area contributed by atoms with Crippen LogP contribution in [0.4, 0.5) is 0 Å². The molecule has 0 aliphatic carbocycles. The molecule has 0 fully saturated rings. The summed E-state index contributed by atoms with van der Waals surface area (Å²) in [7, 11) is 0. The molecule has 11 aromatic carbocycles. The molecule has 58 heavy (non-hydrogen) atoms. The zero-order chi connectivity index (χ0) is 38.4. The zero-order valence-electron chi connectivity index (χ0n) is 31.9. The molecule has 0 radical (unpaired) electrons. The number of hydrogen-bond acceptors (Lipinski definition) is 0. The van der Waals surface area contributed by atoms with Crippen LogP contribution in [0, 0.1) is 0 Å². The van der Waals surface area contributed by atoms with Crippen LogP contribution in [-0.2, 0) is 0 Å². The summed E-state index contributed by atoms with van der Waals surface area (Å²) >= 11 is 0. The lowest BCUT2D eigenvalue weighted by Gasteiger charge is -2.18. The molecule has 11 rings (SSSR count). The van der Waals surface area contributed by atoms with Crippen molar-refractivity contribution in [3.63, 3.8) is 0 Å². The highest BCUT2D eigenvalue weighted by Gasteiger charge is 2.18. The second-order valence-corrected chi connectivity index (χ2v) is 15.2. The lowest BCUT2D eigenvalue weighted by Crippen LogP contribution is -1.91. The summed E-state index contributed by atoms with van der Waals surface area (Å²) in [6, 6.07) is 84.3. The van der Waals surface area contributed by atoms with Crippen molar-refractivity contribution in [2.24, 2.45) is 0 Å². The summed E-state index contributed by atoms with van der Waals surface area (Å²) in [5.74, 6) is 0. The van der Waals surface area contributed by atoms with Crippen molar-refractivity contribution in [1.29, 1.82) is 0 Å². The maximum absolute atomic E-state index is 2.36. The van der Waals surface area contributed by atoms with Crippen molar-refractivity contribution in [2.75, 3.05) is 0 Å². The Labute approximate surface area is 339 Å². The Morgan fingerprint density at radius 3 is 0.655 bits per heavy atom. The molecule has 0 spiro atoms. The van der Waals surface area contributed by atoms with Gasteiger partial charge >= 0.3 is 0 Å². The molecule has 11 aromatic rings. The SMILES string of the molecule is c1ccc(-c2c3ccccc3c(-c3cccc(-c4ccc(-c5cccc(-c6c7ccccc7c(-c7ccccc7)c7ccccc67)c5)cc4)c3)c3ccccc23)cc1. The monoisotopic (exact) mass is 734 g/mol. The highest BCUT2D eigenvalue weighted by Crippen LogP contribution is 2.46. The van der Waals surface area contributed by atoms with E-state index in [-0.39, 0.29) is 0 Å². The average Bonchev–Trinajstić information content (AvgIpc) is 3.30. The summed E-state index contributed by atoms with van der Waals surface area (Å²) in [4.78, 5) is 0. The van der Waals surface area contributed by atoms with Gasteiger partial charge in [0, 0.05) is 0 Å². The Morgan fingerprint density at radius 2 is 0.362 bits per heavy atom. The average molecular weight is 735 g/mol. The van der Waals surface area contributed by atoms with Crippen LogP contribution >= 0.6 is 0 Å². The van der Waals surface area contributed by atoms with Gasteiger partial charge in [-0.1, -0.05) is 218 Å². The molecule has 0 amide bonds. The Balaban J connectivity index is 0.992. The smallest absolute Gasteiger partial charge is 0.00262 e. The second kappa shape index (κ2) is 14.2. The first kappa shape index (κ1) is 33.8. The van der Waals surface area contributed by atoms with Crippen LogP contribution in [0.3, 0.4) is 0 Å². The summed E-state index contributed by atoms with van der Waals surface area (Å²) in [6.07, 6.45) is 0. The van der Waals surface area contributed by atoms with E-state index >= 15 is 0 Å². The van der Waals surface area contributed by atoms with Gasteiger partial charge in [-0.05, 0) is 122 Å². The number of benzene rings is 11. The molecule has 0 aromatic heterocycles. The minimum atomic E-state index is 1.20. The first-order chi connectivity index (χ1) is 28.8. The van der Waals surface area contributed by atoms with Gasteiger partial charge in [-0.25, -0.2) is 0 Å². The van der Waals surface area contributed by atoms with Crippen LogP contribution in [0.15, 0.2) is 231 Å². The van der Waals surface area contributed by atoms with Gasteiger partial charge in [0.2, 0.25) is 0 Å². The molecular weight excluding hydrogens is 697 g/mol. The third kappa shape index (κ3) is 5.69. The van der Waals surface area contributed by atoms with Gasteiger partial charge < -0.3 is 0 Å². The van der Waals surface area contributed by atoms with Crippen molar-refractivity contribution >= 4 is 43.1 Å². The van der Waals surface area contributed by atoms with Crippen molar-refractivity contribution in [3.05, 3.63) is 231 Å².